The first kappa shape index (κ1) is 16.6. The van der Waals surface area contributed by atoms with E-state index in [1.54, 1.807) is 7.11 Å². The Bertz CT molecular complexity index is 693. The number of piperidine rings is 1. The molecule has 3 unspecified atom stereocenters. The minimum atomic E-state index is -0.579. The molecule has 25 heavy (non-hydrogen) atoms. The normalized spacial score (nSPS) is 28.1. The summed E-state index contributed by atoms with van der Waals surface area (Å²) in [6.45, 7) is 5.87. The van der Waals surface area contributed by atoms with Crippen molar-refractivity contribution < 1.29 is 18.7 Å². The highest BCUT2D eigenvalue weighted by Crippen LogP contribution is 2.42. The number of hydrogen-bond acceptors (Lipinski definition) is 4. The third-order valence-electron chi connectivity index (χ3n) is 6.02. The molecule has 1 aromatic rings. The number of methoxy groups -OCH3 is 1. The van der Waals surface area contributed by atoms with Crippen molar-refractivity contribution in [1.29, 1.82) is 0 Å². The summed E-state index contributed by atoms with van der Waals surface area (Å²) in [6, 6.07) is 3.88. The topological polar surface area (TPSA) is 63.0 Å². The monoisotopic (exact) mass is 346 g/mol. The van der Waals surface area contributed by atoms with E-state index >= 15 is 0 Å². The Morgan fingerprint density at radius 3 is 2.64 bits per heavy atom. The van der Waals surface area contributed by atoms with Gasteiger partial charge in [-0.3, -0.25) is 9.59 Å². The Balaban J connectivity index is 1.45. The molecule has 1 aliphatic carbocycles. The molecule has 3 fully saturated rings. The van der Waals surface area contributed by atoms with E-state index in [9.17, 15) is 9.59 Å². The lowest BCUT2D eigenvalue weighted by Gasteiger charge is -2.35. The molecular formula is C19H26N2O4. The van der Waals surface area contributed by atoms with Gasteiger partial charge < -0.3 is 19.0 Å². The van der Waals surface area contributed by atoms with E-state index in [1.807, 2.05) is 35.8 Å². The highest BCUT2D eigenvalue weighted by molar-refractivity contribution is 5.89. The van der Waals surface area contributed by atoms with Crippen LogP contribution in [-0.2, 0) is 14.3 Å². The molecule has 2 aliphatic heterocycles. The van der Waals surface area contributed by atoms with Gasteiger partial charge in [-0.05, 0) is 51.2 Å². The fourth-order valence-electron chi connectivity index (χ4n) is 4.36. The van der Waals surface area contributed by atoms with Crippen molar-refractivity contribution in [3.63, 3.8) is 0 Å². The molecule has 4 rings (SSSR count). The standard InChI is InChI=1S/C19H26N2O4/c1-12-4-5-16(25-12)13(2)17(22)21-10-14-8-15(21)11-20(9-14)18(23)19(24-3)6-7-19/h4-5,13-15H,6-11H2,1-3H3. The number of carbonyl (C=O) groups is 2. The number of carbonyl (C=O) groups excluding carboxylic acids is 2. The first-order chi connectivity index (χ1) is 11.9. The van der Waals surface area contributed by atoms with Crippen LogP contribution in [0, 0.1) is 12.8 Å². The predicted octanol–water partition coefficient (Wildman–Crippen LogP) is 1.93. The molecule has 0 N–H and O–H groups in total. The van der Waals surface area contributed by atoms with E-state index in [0.717, 1.165) is 38.1 Å². The van der Waals surface area contributed by atoms with Crippen LogP contribution in [0.15, 0.2) is 16.5 Å². The van der Waals surface area contributed by atoms with Crippen molar-refractivity contribution in [3.8, 4) is 0 Å². The molecule has 2 bridgehead atoms. The van der Waals surface area contributed by atoms with Gasteiger partial charge in [0.15, 0.2) is 0 Å². The lowest BCUT2D eigenvalue weighted by atomic mass is 9.99. The van der Waals surface area contributed by atoms with Gasteiger partial charge in [0.1, 0.15) is 17.1 Å². The SMILES string of the molecule is COC1(C(=O)N2CC3CC(C2)N(C(=O)C(C)c2ccc(C)o2)C3)CC1. The Morgan fingerprint density at radius 1 is 1.28 bits per heavy atom. The molecule has 0 aromatic carbocycles. The zero-order valence-electron chi connectivity index (χ0n) is 15.2. The second-order valence-electron chi connectivity index (χ2n) is 7.82. The summed E-state index contributed by atoms with van der Waals surface area (Å²) in [4.78, 5) is 29.6. The van der Waals surface area contributed by atoms with Crippen LogP contribution in [0.5, 0.6) is 0 Å². The van der Waals surface area contributed by atoms with Crippen LogP contribution in [0.2, 0.25) is 0 Å². The van der Waals surface area contributed by atoms with Crippen LogP contribution in [0.25, 0.3) is 0 Å². The third kappa shape index (κ3) is 2.76. The van der Waals surface area contributed by atoms with E-state index in [0.29, 0.717) is 18.2 Å². The molecule has 6 heteroatoms. The fraction of sp³-hybridized carbons (Fsp3) is 0.684. The van der Waals surface area contributed by atoms with Crippen LogP contribution in [0.1, 0.15) is 43.6 Å². The number of nitrogens with zero attached hydrogens (tertiary/aromatic N) is 2. The smallest absolute Gasteiger partial charge is 0.254 e. The van der Waals surface area contributed by atoms with Crippen molar-refractivity contribution >= 4 is 11.8 Å². The van der Waals surface area contributed by atoms with Crippen molar-refractivity contribution in [2.45, 2.75) is 50.7 Å². The van der Waals surface area contributed by atoms with Gasteiger partial charge in [0.2, 0.25) is 5.91 Å². The number of furan rings is 1. The van der Waals surface area contributed by atoms with Gasteiger partial charge in [-0.15, -0.1) is 0 Å². The minimum Gasteiger partial charge on any atom is -0.466 e. The molecule has 0 radical (unpaired) electrons. The molecular weight excluding hydrogens is 320 g/mol. The summed E-state index contributed by atoms with van der Waals surface area (Å²) in [5, 5.41) is 0. The number of fused-ring (bicyclic) bond motifs is 2. The van der Waals surface area contributed by atoms with Gasteiger partial charge in [-0.25, -0.2) is 0 Å². The number of rotatable bonds is 4. The first-order valence-corrected chi connectivity index (χ1v) is 9.15. The van der Waals surface area contributed by atoms with Crippen LogP contribution < -0.4 is 0 Å². The van der Waals surface area contributed by atoms with Gasteiger partial charge >= 0.3 is 0 Å². The molecule has 3 atom stereocenters. The highest BCUT2D eigenvalue weighted by atomic mass is 16.5. The summed E-state index contributed by atoms with van der Waals surface area (Å²) >= 11 is 0. The van der Waals surface area contributed by atoms with E-state index in [1.165, 1.54) is 0 Å². The maximum Gasteiger partial charge on any atom is 0.254 e. The van der Waals surface area contributed by atoms with Crippen LogP contribution in [-0.4, -0.2) is 60.0 Å². The minimum absolute atomic E-state index is 0.101. The molecule has 3 heterocycles. The largest absolute Gasteiger partial charge is 0.466 e. The lowest BCUT2D eigenvalue weighted by molar-refractivity contribution is -0.147. The van der Waals surface area contributed by atoms with Gasteiger partial charge in [0.05, 0.1) is 5.92 Å². The zero-order valence-corrected chi connectivity index (χ0v) is 15.2. The summed E-state index contributed by atoms with van der Waals surface area (Å²) in [5.74, 6) is 1.82. The molecule has 3 aliphatic rings. The van der Waals surface area contributed by atoms with E-state index < -0.39 is 5.60 Å². The number of amides is 2. The molecule has 136 valence electrons. The third-order valence-corrected chi connectivity index (χ3v) is 6.02. The maximum absolute atomic E-state index is 13.0. The molecule has 2 amide bonds. The van der Waals surface area contributed by atoms with E-state index in [-0.39, 0.29) is 23.8 Å². The first-order valence-electron chi connectivity index (χ1n) is 9.15. The Morgan fingerprint density at radius 2 is 2.04 bits per heavy atom. The summed E-state index contributed by atoms with van der Waals surface area (Å²) in [7, 11) is 1.62. The maximum atomic E-state index is 13.0. The molecule has 0 spiro atoms. The highest BCUT2D eigenvalue weighted by Gasteiger charge is 2.54. The Hall–Kier alpha value is -1.82. The van der Waals surface area contributed by atoms with E-state index in [2.05, 4.69) is 0 Å². The van der Waals surface area contributed by atoms with Gasteiger partial charge in [-0.1, -0.05) is 0 Å². The second-order valence-corrected chi connectivity index (χ2v) is 7.82. The van der Waals surface area contributed by atoms with Gasteiger partial charge in [-0.2, -0.15) is 0 Å². The van der Waals surface area contributed by atoms with Crippen molar-refractivity contribution in [3.05, 3.63) is 23.7 Å². The van der Waals surface area contributed by atoms with Gasteiger partial charge in [0.25, 0.3) is 5.91 Å². The van der Waals surface area contributed by atoms with Crippen molar-refractivity contribution in [2.75, 3.05) is 26.7 Å². The number of ether oxygens (including phenoxy) is 1. The molecule has 6 nitrogen and oxygen atoms in total. The van der Waals surface area contributed by atoms with Gasteiger partial charge in [0, 0.05) is 32.8 Å². The van der Waals surface area contributed by atoms with Crippen LogP contribution in [0.4, 0.5) is 0 Å². The second kappa shape index (κ2) is 5.87. The average molecular weight is 346 g/mol. The number of hydrogen-bond donors (Lipinski definition) is 0. The van der Waals surface area contributed by atoms with Crippen LogP contribution >= 0.6 is 0 Å². The van der Waals surface area contributed by atoms with Crippen LogP contribution in [0.3, 0.4) is 0 Å². The predicted molar refractivity (Wildman–Crippen MR) is 91.0 cm³/mol. The van der Waals surface area contributed by atoms with Crippen molar-refractivity contribution in [2.24, 2.45) is 5.92 Å². The van der Waals surface area contributed by atoms with Crippen molar-refractivity contribution in [1.82, 2.24) is 9.80 Å². The Kier molecular flexibility index (Phi) is 3.90. The number of aryl methyl sites for hydroxylation is 1. The zero-order chi connectivity index (χ0) is 17.8. The number of likely N-dealkylation sites (tertiary alicyclic amines) is 2. The molecule has 1 saturated carbocycles. The summed E-state index contributed by atoms with van der Waals surface area (Å²) < 4.78 is 11.1. The fourth-order valence-corrected chi connectivity index (χ4v) is 4.36. The average Bonchev–Trinajstić information content (AvgIpc) is 3.21. The molecule has 2 saturated heterocycles. The lowest BCUT2D eigenvalue weighted by Crippen LogP contribution is -2.50. The summed E-state index contributed by atoms with van der Waals surface area (Å²) in [5.41, 5.74) is -0.579. The quantitative estimate of drug-likeness (QED) is 0.836. The Labute approximate surface area is 148 Å². The molecule has 1 aromatic heterocycles. The summed E-state index contributed by atoms with van der Waals surface area (Å²) in [6.07, 6.45) is 2.61. The van der Waals surface area contributed by atoms with E-state index in [4.69, 9.17) is 9.15 Å².